The summed E-state index contributed by atoms with van der Waals surface area (Å²) in [6.45, 7) is 5.35. The van der Waals surface area contributed by atoms with Crippen LogP contribution in [-0.4, -0.2) is 14.5 Å². The van der Waals surface area contributed by atoms with Gasteiger partial charge < -0.3 is 0 Å². The Morgan fingerprint density at radius 3 is 2.44 bits per heavy atom. The minimum atomic E-state index is -3.51. The maximum Gasteiger partial charge on any atom is 0.241 e. The number of sulfonamides is 1. The van der Waals surface area contributed by atoms with Crippen LogP contribution in [0, 0.1) is 6.92 Å². The van der Waals surface area contributed by atoms with Crippen LogP contribution in [0.4, 0.5) is 0 Å². The summed E-state index contributed by atoms with van der Waals surface area (Å²) in [5.74, 6) is 0. The Balaban J connectivity index is 3.29. The topological polar surface area (TPSA) is 46.2 Å². The van der Waals surface area contributed by atoms with E-state index in [1.54, 1.807) is 19.9 Å². The second-order valence-electron chi connectivity index (χ2n) is 3.81. The number of hydrogen-bond acceptors (Lipinski definition) is 2. The van der Waals surface area contributed by atoms with Crippen LogP contribution in [0.3, 0.4) is 0 Å². The molecule has 3 nitrogen and oxygen atoms in total. The fraction of sp³-hybridized carbons (Fsp3) is 0.400. The highest BCUT2D eigenvalue weighted by atomic mass is 79.9. The van der Waals surface area contributed by atoms with E-state index in [-0.39, 0.29) is 10.9 Å². The zero-order valence-corrected chi connectivity index (χ0v) is 12.4. The Bertz CT molecular complexity index is 500. The standard InChI is InChI=1S/C10H13BrClNO2S/c1-6(2)13-16(14,15)10-5-9(12)7(3)4-8(10)11/h4-6,13H,1-3H3. The van der Waals surface area contributed by atoms with Crippen molar-refractivity contribution in [3.63, 3.8) is 0 Å². The summed E-state index contributed by atoms with van der Waals surface area (Å²) in [4.78, 5) is 0.164. The number of nitrogens with one attached hydrogen (secondary N) is 1. The number of rotatable bonds is 3. The minimum absolute atomic E-state index is 0.156. The van der Waals surface area contributed by atoms with Crippen molar-refractivity contribution in [1.82, 2.24) is 4.72 Å². The molecule has 0 atom stereocenters. The Hall–Kier alpha value is -0.100. The third-order valence-corrected chi connectivity index (χ3v) is 4.92. The molecule has 0 aliphatic rings. The minimum Gasteiger partial charge on any atom is -0.209 e. The van der Waals surface area contributed by atoms with Gasteiger partial charge in [-0.05, 0) is 54.4 Å². The van der Waals surface area contributed by atoms with Crippen LogP contribution in [-0.2, 0) is 10.0 Å². The zero-order valence-electron chi connectivity index (χ0n) is 9.21. The van der Waals surface area contributed by atoms with Gasteiger partial charge in [0.15, 0.2) is 0 Å². The average Bonchev–Trinajstić information content (AvgIpc) is 2.08. The lowest BCUT2D eigenvalue weighted by atomic mass is 10.2. The molecule has 0 spiro atoms. The Kier molecular flexibility index (Phi) is 4.40. The van der Waals surface area contributed by atoms with Gasteiger partial charge in [-0.2, -0.15) is 0 Å². The second-order valence-corrected chi connectivity index (χ2v) is 6.75. The molecule has 0 amide bonds. The molecule has 0 saturated carbocycles. The summed E-state index contributed by atoms with van der Waals surface area (Å²) in [5.41, 5.74) is 0.831. The highest BCUT2D eigenvalue weighted by Crippen LogP contribution is 2.28. The van der Waals surface area contributed by atoms with Gasteiger partial charge in [-0.25, -0.2) is 13.1 Å². The third kappa shape index (κ3) is 3.20. The summed E-state index contributed by atoms with van der Waals surface area (Å²) in [5, 5.41) is 0.437. The van der Waals surface area contributed by atoms with Gasteiger partial charge in [0.25, 0.3) is 0 Å². The molecule has 1 aromatic rings. The maximum absolute atomic E-state index is 11.9. The van der Waals surface area contributed by atoms with Crippen LogP contribution in [0.1, 0.15) is 19.4 Å². The molecule has 0 unspecified atom stereocenters. The van der Waals surface area contributed by atoms with Gasteiger partial charge in [-0.1, -0.05) is 11.6 Å². The Morgan fingerprint density at radius 1 is 1.38 bits per heavy atom. The van der Waals surface area contributed by atoms with Crippen molar-refractivity contribution in [2.45, 2.75) is 31.7 Å². The third-order valence-electron chi connectivity index (χ3n) is 1.89. The number of aryl methyl sites for hydroxylation is 1. The van der Waals surface area contributed by atoms with E-state index in [0.717, 1.165) is 5.56 Å². The van der Waals surface area contributed by atoms with E-state index in [9.17, 15) is 8.42 Å². The normalized spacial score (nSPS) is 12.1. The van der Waals surface area contributed by atoms with Crippen molar-refractivity contribution in [2.24, 2.45) is 0 Å². The highest BCUT2D eigenvalue weighted by molar-refractivity contribution is 9.10. The van der Waals surface area contributed by atoms with E-state index in [1.807, 2.05) is 6.92 Å². The van der Waals surface area contributed by atoms with Crippen molar-refractivity contribution >= 4 is 37.6 Å². The van der Waals surface area contributed by atoms with E-state index in [1.165, 1.54) is 6.07 Å². The van der Waals surface area contributed by atoms with Crippen LogP contribution in [0.15, 0.2) is 21.5 Å². The molecule has 90 valence electrons. The van der Waals surface area contributed by atoms with E-state index < -0.39 is 10.0 Å². The molecular formula is C10H13BrClNO2S. The summed E-state index contributed by atoms with van der Waals surface area (Å²) in [6.07, 6.45) is 0. The van der Waals surface area contributed by atoms with Gasteiger partial charge in [0.05, 0.1) is 4.90 Å². The monoisotopic (exact) mass is 325 g/mol. The van der Waals surface area contributed by atoms with Crippen LogP contribution < -0.4 is 4.72 Å². The van der Waals surface area contributed by atoms with Gasteiger partial charge in [0.1, 0.15) is 0 Å². The molecule has 0 bridgehead atoms. The molecule has 1 rings (SSSR count). The number of benzene rings is 1. The lowest BCUT2D eigenvalue weighted by Gasteiger charge is -2.12. The van der Waals surface area contributed by atoms with Crippen molar-refractivity contribution in [2.75, 3.05) is 0 Å². The summed E-state index contributed by atoms with van der Waals surface area (Å²) in [6, 6.07) is 2.99. The number of hydrogen-bond donors (Lipinski definition) is 1. The molecule has 0 aromatic heterocycles. The molecule has 0 aliphatic heterocycles. The fourth-order valence-electron chi connectivity index (χ4n) is 1.21. The predicted octanol–water partition coefficient (Wildman–Crippen LogP) is 3.10. The first-order valence-corrected chi connectivity index (χ1v) is 7.37. The summed E-state index contributed by atoms with van der Waals surface area (Å²) in [7, 11) is -3.51. The van der Waals surface area contributed by atoms with Gasteiger partial charge in [0.2, 0.25) is 10.0 Å². The van der Waals surface area contributed by atoms with Gasteiger partial charge >= 0.3 is 0 Å². The molecule has 0 saturated heterocycles. The van der Waals surface area contributed by atoms with Crippen LogP contribution >= 0.6 is 27.5 Å². The smallest absolute Gasteiger partial charge is 0.209 e. The SMILES string of the molecule is Cc1cc(Br)c(S(=O)(=O)NC(C)C)cc1Cl. The summed E-state index contributed by atoms with van der Waals surface area (Å²) >= 11 is 9.14. The van der Waals surface area contributed by atoms with Crippen LogP contribution in [0.25, 0.3) is 0 Å². The highest BCUT2D eigenvalue weighted by Gasteiger charge is 2.19. The Labute approximate surface area is 109 Å². The first-order valence-electron chi connectivity index (χ1n) is 4.72. The Morgan fingerprint density at radius 2 is 1.94 bits per heavy atom. The molecule has 6 heteroatoms. The molecule has 1 aromatic carbocycles. The van der Waals surface area contributed by atoms with Gasteiger partial charge in [-0.15, -0.1) is 0 Å². The predicted molar refractivity (Wildman–Crippen MR) is 69.3 cm³/mol. The zero-order chi connectivity index (χ0) is 12.5. The molecular weight excluding hydrogens is 314 g/mol. The van der Waals surface area contributed by atoms with Gasteiger partial charge in [0, 0.05) is 15.5 Å². The molecule has 0 heterocycles. The van der Waals surface area contributed by atoms with E-state index in [0.29, 0.717) is 9.50 Å². The largest absolute Gasteiger partial charge is 0.241 e. The molecule has 0 fully saturated rings. The lowest BCUT2D eigenvalue weighted by Crippen LogP contribution is -2.30. The molecule has 16 heavy (non-hydrogen) atoms. The maximum atomic E-state index is 11.9. The van der Waals surface area contributed by atoms with Crippen LogP contribution in [0.5, 0.6) is 0 Å². The molecule has 0 radical (unpaired) electrons. The van der Waals surface area contributed by atoms with E-state index in [2.05, 4.69) is 20.7 Å². The quantitative estimate of drug-likeness (QED) is 0.927. The van der Waals surface area contributed by atoms with Crippen molar-refractivity contribution in [3.8, 4) is 0 Å². The van der Waals surface area contributed by atoms with Crippen molar-refractivity contribution in [3.05, 3.63) is 27.2 Å². The number of halogens is 2. The first kappa shape index (κ1) is 14.0. The average molecular weight is 327 g/mol. The van der Waals surface area contributed by atoms with Crippen molar-refractivity contribution in [1.29, 1.82) is 0 Å². The fourth-order valence-corrected chi connectivity index (χ4v) is 3.87. The first-order chi connectivity index (χ1) is 7.24. The van der Waals surface area contributed by atoms with Crippen molar-refractivity contribution < 1.29 is 8.42 Å². The molecule has 0 aliphatic carbocycles. The van der Waals surface area contributed by atoms with E-state index >= 15 is 0 Å². The lowest BCUT2D eigenvalue weighted by molar-refractivity contribution is 0.569. The summed E-state index contributed by atoms with van der Waals surface area (Å²) < 4.78 is 26.9. The van der Waals surface area contributed by atoms with Gasteiger partial charge in [-0.3, -0.25) is 0 Å². The van der Waals surface area contributed by atoms with E-state index in [4.69, 9.17) is 11.6 Å². The second kappa shape index (κ2) is 5.04. The van der Waals surface area contributed by atoms with Crippen LogP contribution in [0.2, 0.25) is 5.02 Å². The molecule has 1 N–H and O–H groups in total.